The summed E-state index contributed by atoms with van der Waals surface area (Å²) in [5.74, 6) is -1.55. The van der Waals surface area contributed by atoms with Crippen LogP contribution in [0.2, 0.25) is 0 Å². The van der Waals surface area contributed by atoms with Crippen LogP contribution in [0.3, 0.4) is 0 Å². The first kappa shape index (κ1) is 14.1. The average Bonchev–Trinajstić information content (AvgIpc) is 2.77. The van der Waals surface area contributed by atoms with Crippen LogP contribution in [0.4, 0.5) is 5.00 Å². The number of ether oxygens (including phenoxy) is 1. The zero-order valence-corrected chi connectivity index (χ0v) is 9.94. The van der Waals surface area contributed by atoms with Crippen molar-refractivity contribution >= 4 is 28.2 Å². The van der Waals surface area contributed by atoms with Crippen LogP contribution < -0.4 is 5.32 Å². The van der Waals surface area contributed by atoms with Gasteiger partial charge in [0.25, 0.3) is 5.91 Å². The van der Waals surface area contributed by atoms with E-state index in [2.05, 4.69) is 5.32 Å². The van der Waals surface area contributed by atoms with E-state index in [0.717, 1.165) is 11.3 Å². The van der Waals surface area contributed by atoms with Crippen LogP contribution in [0, 0.1) is 10.1 Å². The first-order chi connectivity index (χ1) is 8.50. The second-order valence-corrected chi connectivity index (χ2v) is 4.02. The number of nitro groups is 1. The van der Waals surface area contributed by atoms with Crippen LogP contribution >= 0.6 is 11.3 Å². The molecule has 0 saturated carbocycles. The van der Waals surface area contributed by atoms with Gasteiger partial charge in [0.2, 0.25) is 0 Å². The van der Waals surface area contributed by atoms with Crippen LogP contribution in [-0.2, 0) is 9.53 Å². The number of carbonyl (C=O) groups is 2. The van der Waals surface area contributed by atoms with Crippen LogP contribution in [0.1, 0.15) is 10.4 Å². The van der Waals surface area contributed by atoms with E-state index in [4.69, 9.17) is 9.84 Å². The molecule has 1 aromatic heterocycles. The molecule has 2 N–H and O–H groups in total. The van der Waals surface area contributed by atoms with Gasteiger partial charge in [-0.25, -0.2) is 4.79 Å². The van der Waals surface area contributed by atoms with Crippen LogP contribution in [0.25, 0.3) is 0 Å². The smallest absolute Gasteiger partial charge is 0.329 e. The van der Waals surface area contributed by atoms with E-state index < -0.39 is 23.4 Å². The van der Waals surface area contributed by atoms with Crippen LogP contribution in [0.5, 0.6) is 0 Å². The van der Waals surface area contributed by atoms with E-state index in [-0.39, 0.29) is 23.7 Å². The third-order valence-electron chi connectivity index (χ3n) is 1.79. The van der Waals surface area contributed by atoms with Gasteiger partial charge in [0.15, 0.2) is 0 Å². The highest BCUT2D eigenvalue weighted by molar-refractivity contribution is 7.13. The fraction of sp³-hybridized carbons (Fsp3) is 0.333. The Morgan fingerprint density at radius 1 is 1.56 bits per heavy atom. The highest BCUT2D eigenvalue weighted by Crippen LogP contribution is 2.22. The van der Waals surface area contributed by atoms with E-state index in [1.807, 2.05) is 0 Å². The van der Waals surface area contributed by atoms with Gasteiger partial charge in [-0.3, -0.25) is 14.9 Å². The number of nitrogens with zero attached hydrogens (tertiary/aromatic N) is 1. The molecule has 1 aromatic rings. The summed E-state index contributed by atoms with van der Waals surface area (Å²) in [6.45, 7) is -0.236. The highest BCUT2D eigenvalue weighted by atomic mass is 32.1. The van der Waals surface area contributed by atoms with E-state index in [1.165, 1.54) is 11.4 Å². The maximum Gasteiger partial charge on any atom is 0.329 e. The standard InChI is InChI=1S/C9H10N2O6S/c12-8(13)4-17-2-1-10-9(14)6-3-7(11(15)16)18-5-6/h3,5H,1-2,4H2,(H,10,14)(H,12,13). The molecule has 1 heterocycles. The summed E-state index contributed by atoms with van der Waals surface area (Å²) in [4.78, 5) is 31.4. The third kappa shape index (κ3) is 4.47. The molecule has 0 radical (unpaired) electrons. The lowest BCUT2D eigenvalue weighted by molar-refractivity contribution is -0.380. The number of rotatable bonds is 7. The molecule has 98 valence electrons. The van der Waals surface area contributed by atoms with E-state index >= 15 is 0 Å². The second-order valence-electron chi connectivity index (χ2n) is 3.13. The predicted molar refractivity (Wildman–Crippen MR) is 61.8 cm³/mol. The summed E-state index contributed by atoms with van der Waals surface area (Å²) < 4.78 is 4.70. The Labute approximate surface area is 105 Å². The fourth-order valence-corrected chi connectivity index (χ4v) is 1.74. The molecular weight excluding hydrogens is 264 g/mol. The maximum atomic E-state index is 11.5. The number of carbonyl (C=O) groups excluding carboxylic acids is 1. The first-order valence-corrected chi connectivity index (χ1v) is 5.69. The van der Waals surface area contributed by atoms with Crippen molar-refractivity contribution in [3.05, 3.63) is 27.1 Å². The number of nitrogens with one attached hydrogen (secondary N) is 1. The number of carboxylic acids is 1. The van der Waals surface area contributed by atoms with Crippen LogP contribution in [-0.4, -0.2) is 41.7 Å². The largest absolute Gasteiger partial charge is 0.480 e. The predicted octanol–water partition coefficient (Wildman–Crippen LogP) is 0.487. The lowest BCUT2D eigenvalue weighted by Gasteiger charge is -2.03. The normalized spacial score (nSPS) is 10.0. The van der Waals surface area contributed by atoms with Gasteiger partial charge in [-0.15, -0.1) is 0 Å². The maximum absolute atomic E-state index is 11.5. The van der Waals surface area contributed by atoms with Crippen molar-refractivity contribution < 1.29 is 24.4 Å². The van der Waals surface area contributed by atoms with Gasteiger partial charge in [0.05, 0.1) is 17.1 Å². The lowest BCUT2D eigenvalue weighted by Crippen LogP contribution is -2.27. The molecule has 0 aliphatic carbocycles. The molecule has 0 unspecified atom stereocenters. The number of aliphatic carboxylic acids is 1. The molecule has 18 heavy (non-hydrogen) atoms. The molecule has 0 spiro atoms. The van der Waals surface area contributed by atoms with E-state index in [1.54, 1.807) is 0 Å². The molecule has 0 atom stereocenters. The van der Waals surface area contributed by atoms with E-state index in [0.29, 0.717) is 0 Å². The van der Waals surface area contributed by atoms with Gasteiger partial charge in [0.1, 0.15) is 6.61 Å². The average molecular weight is 274 g/mol. The summed E-state index contributed by atoms with van der Waals surface area (Å²) in [5, 5.41) is 22.4. The highest BCUT2D eigenvalue weighted by Gasteiger charge is 2.14. The molecule has 0 fully saturated rings. The quantitative estimate of drug-likeness (QED) is 0.424. The Kier molecular flexibility index (Phi) is 5.21. The second kappa shape index (κ2) is 6.67. The van der Waals surface area contributed by atoms with Crippen molar-refractivity contribution in [2.75, 3.05) is 19.8 Å². The summed E-state index contributed by atoms with van der Waals surface area (Å²) in [6, 6.07) is 1.18. The van der Waals surface area contributed by atoms with Gasteiger partial charge in [-0.05, 0) is 0 Å². The zero-order chi connectivity index (χ0) is 13.5. The number of thiophene rings is 1. The number of amides is 1. The fourth-order valence-electron chi connectivity index (χ4n) is 1.04. The Morgan fingerprint density at radius 3 is 2.83 bits per heavy atom. The van der Waals surface area contributed by atoms with Gasteiger partial charge in [0, 0.05) is 18.0 Å². The van der Waals surface area contributed by atoms with Crippen molar-refractivity contribution in [2.24, 2.45) is 0 Å². The number of hydrogen-bond acceptors (Lipinski definition) is 6. The van der Waals surface area contributed by atoms with Crippen molar-refractivity contribution in [3.63, 3.8) is 0 Å². The third-order valence-corrected chi connectivity index (χ3v) is 2.67. The summed E-state index contributed by atoms with van der Waals surface area (Å²) in [6.07, 6.45) is 0. The zero-order valence-electron chi connectivity index (χ0n) is 9.12. The Balaban J connectivity index is 2.32. The Bertz CT molecular complexity index is 458. The monoisotopic (exact) mass is 274 g/mol. The van der Waals surface area contributed by atoms with Crippen molar-refractivity contribution in [3.8, 4) is 0 Å². The first-order valence-electron chi connectivity index (χ1n) is 4.81. The lowest BCUT2D eigenvalue weighted by atomic mass is 10.3. The SMILES string of the molecule is O=C(O)COCCNC(=O)c1csc([N+](=O)[O-])c1. The molecule has 1 rings (SSSR count). The molecule has 9 heteroatoms. The molecule has 1 amide bonds. The Hall–Kier alpha value is -2.00. The van der Waals surface area contributed by atoms with E-state index in [9.17, 15) is 19.7 Å². The van der Waals surface area contributed by atoms with Gasteiger partial charge in [-0.2, -0.15) is 0 Å². The topological polar surface area (TPSA) is 119 Å². The molecule has 0 aliphatic rings. The minimum Gasteiger partial charge on any atom is -0.480 e. The minimum atomic E-state index is -1.09. The summed E-state index contributed by atoms with van der Waals surface area (Å²) >= 11 is 0.865. The van der Waals surface area contributed by atoms with Gasteiger partial charge in [-0.1, -0.05) is 11.3 Å². The number of carboxylic acid groups (broad SMARTS) is 1. The minimum absolute atomic E-state index is 0.0598. The van der Waals surface area contributed by atoms with Crippen molar-refractivity contribution in [2.45, 2.75) is 0 Å². The van der Waals surface area contributed by atoms with Gasteiger partial charge >= 0.3 is 11.0 Å². The van der Waals surface area contributed by atoms with Crippen molar-refractivity contribution in [1.82, 2.24) is 5.32 Å². The van der Waals surface area contributed by atoms with Gasteiger partial charge < -0.3 is 15.2 Å². The van der Waals surface area contributed by atoms with Crippen molar-refractivity contribution in [1.29, 1.82) is 0 Å². The molecule has 8 nitrogen and oxygen atoms in total. The molecule has 0 bridgehead atoms. The molecule has 0 aromatic carbocycles. The molecule has 0 saturated heterocycles. The Morgan fingerprint density at radius 2 is 2.28 bits per heavy atom. The molecule has 0 aliphatic heterocycles. The number of hydrogen-bond donors (Lipinski definition) is 2. The van der Waals surface area contributed by atoms with Crippen LogP contribution in [0.15, 0.2) is 11.4 Å². The summed E-state index contributed by atoms with van der Waals surface area (Å²) in [5.41, 5.74) is 0.199. The summed E-state index contributed by atoms with van der Waals surface area (Å²) in [7, 11) is 0. The molecular formula is C9H10N2O6S.